The number of nitro groups is 1. The minimum Gasteiger partial charge on any atom is -0.484 e. The molecule has 0 aliphatic rings. The number of ether oxygens (including phenoxy) is 1. The van der Waals surface area contributed by atoms with E-state index < -0.39 is 4.92 Å². The second kappa shape index (κ2) is 9.01. The van der Waals surface area contributed by atoms with Crippen LogP contribution in [-0.4, -0.2) is 17.4 Å². The summed E-state index contributed by atoms with van der Waals surface area (Å²) in [6.45, 7) is 0.0373. The number of nitrogens with zero attached hydrogens (tertiary/aromatic N) is 2. The first kappa shape index (κ1) is 19.4. The van der Waals surface area contributed by atoms with Gasteiger partial charge in [0, 0.05) is 17.2 Å². The highest BCUT2D eigenvalue weighted by molar-refractivity contribution is 6.30. The minimum atomic E-state index is -0.489. The molecule has 3 rings (SSSR count). The molecule has 142 valence electrons. The van der Waals surface area contributed by atoms with Gasteiger partial charge in [-0.05, 0) is 29.8 Å². The van der Waals surface area contributed by atoms with Gasteiger partial charge in [0.25, 0.3) is 11.6 Å². The molecule has 7 heteroatoms. The molecular weight excluding hydrogens is 380 g/mol. The van der Waals surface area contributed by atoms with E-state index in [4.69, 9.17) is 16.3 Å². The Morgan fingerprint density at radius 2 is 1.75 bits per heavy atom. The molecule has 0 aliphatic carbocycles. The van der Waals surface area contributed by atoms with Crippen LogP contribution in [0.5, 0.6) is 5.75 Å². The Balaban J connectivity index is 1.83. The average molecular weight is 397 g/mol. The molecule has 0 aromatic heterocycles. The Morgan fingerprint density at radius 1 is 1.00 bits per heavy atom. The standard InChI is InChI=1S/C21H17ClN2O4/c22-17-8-4-11-20(12-17)28-15-21(25)23(14-16-6-2-1-3-7-16)18-9-5-10-19(13-18)24(26)27/h1-13H,14-15H2. The third-order valence-corrected chi connectivity index (χ3v) is 4.23. The number of nitro benzene ring substituents is 1. The first-order valence-electron chi connectivity index (χ1n) is 8.50. The number of carbonyl (C=O) groups is 1. The summed E-state index contributed by atoms with van der Waals surface area (Å²) in [5.41, 5.74) is 1.24. The fourth-order valence-electron chi connectivity index (χ4n) is 2.64. The summed E-state index contributed by atoms with van der Waals surface area (Å²) in [5.74, 6) is 0.142. The van der Waals surface area contributed by atoms with Crippen LogP contribution in [0.1, 0.15) is 5.56 Å². The summed E-state index contributed by atoms with van der Waals surface area (Å²) in [4.78, 5) is 25.0. The van der Waals surface area contributed by atoms with Crippen molar-refractivity contribution in [1.82, 2.24) is 0 Å². The number of hydrogen-bond donors (Lipinski definition) is 0. The van der Waals surface area contributed by atoms with Crippen molar-refractivity contribution >= 4 is 28.9 Å². The van der Waals surface area contributed by atoms with Crippen molar-refractivity contribution in [1.29, 1.82) is 0 Å². The van der Waals surface area contributed by atoms with Crippen LogP contribution >= 0.6 is 11.6 Å². The molecule has 0 heterocycles. The molecule has 3 aromatic rings. The quantitative estimate of drug-likeness (QED) is 0.422. The molecule has 0 atom stereocenters. The van der Waals surface area contributed by atoms with Gasteiger partial charge in [-0.15, -0.1) is 0 Å². The highest BCUT2D eigenvalue weighted by atomic mass is 35.5. The summed E-state index contributed by atoms with van der Waals surface area (Å²) in [5, 5.41) is 11.6. The van der Waals surface area contributed by atoms with Crippen LogP contribution in [0.25, 0.3) is 0 Å². The molecule has 0 spiro atoms. The molecule has 28 heavy (non-hydrogen) atoms. The van der Waals surface area contributed by atoms with Crippen LogP contribution in [0.4, 0.5) is 11.4 Å². The molecule has 0 saturated heterocycles. The van der Waals surface area contributed by atoms with Gasteiger partial charge < -0.3 is 9.64 Å². The number of carbonyl (C=O) groups excluding carboxylic acids is 1. The monoisotopic (exact) mass is 396 g/mol. The number of anilines is 1. The lowest BCUT2D eigenvalue weighted by atomic mass is 10.2. The molecule has 0 aliphatic heterocycles. The molecule has 0 unspecified atom stereocenters. The van der Waals surface area contributed by atoms with Crippen LogP contribution in [0.2, 0.25) is 5.02 Å². The molecule has 0 fully saturated rings. The van der Waals surface area contributed by atoms with E-state index in [1.54, 1.807) is 36.4 Å². The fourth-order valence-corrected chi connectivity index (χ4v) is 2.82. The van der Waals surface area contributed by atoms with E-state index in [1.165, 1.54) is 17.0 Å². The van der Waals surface area contributed by atoms with Gasteiger partial charge in [0.2, 0.25) is 0 Å². The Labute approximate surface area is 167 Å². The highest BCUT2D eigenvalue weighted by Gasteiger charge is 2.19. The predicted octanol–water partition coefficient (Wildman–Crippen LogP) is 4.86. The number of halogens is 1. The van der Waals surface area contributed by atoms with E-state index >= 15 is 0 Å². The van der Waals surface area contributed by atoms with Gasteiger partial charge in [-0.3, -0.25) is 14.9 Å². The zero-order valence-corrected chi connectivity index (χ0v) is 15.6. The van der Waals surface area contributed by atoms with Crippen molar-refractivity contribution in [3.8, 4) is 5.75 Å². The van der Waals surface area contributed by atoms with E-state index in [2.05, 4.69) is 0 Å². The summed E-state index contributed by atoms with van der Waals surface area (Å²) in [7, 11) is 0. The Hall–Kier alpha value is -3.38. The van der Waals surface area contributed by atoms with Gasteiger partial charge in [0.15, 0.2) is 6.61 Å². The summed E-state index contributed by atoms with van der Waals surface area (Å²) >= 11 is 5.93. The molecular formula is C21H17ClN2O4. The number of non-ortho nitro benzene ring substituents is 1. The number of rotatable bonds is 7. The molecule has 3 aromatic carbocycles. The Bertz CT molecular complexity index is 979. The summed E-state index contributed by atoms with van der Waals surface area (Å²) in [6.07, 6.45) is 0. The second-order valence-electron chi connectivity index (χ2n) is 5.99. The van der Waals surface area contributed by atoms with Gasteiger partial charge in [0.05, 0.1) is 17.2 Å². The van der Waals surface area contributed by atoms with Gasteiger partial charge in [-0.2, -0.15) is 0 Å². The Kier molecular flexibility index (Phi) is 6.24. The molecule has 1 amide bonds. The highest BCUT2D eigenvalue weighted by Crippen LogP contribution is 2.24. The zero-order valence-electron chi connectivity index (χ0n) is 14.8. The van der Waals surface area contributed by atoms with Crippen LogP contribution in [0.15, 0.2) is 78.9 Å². The smallest absolute Gasteiger partial charge is 0.271 e. The third-order valence-electron chi connectivity index (χ3n) is 4.00. The molecule has 0 N–H and O–H groups in total. The van der Waals surface area contributed by atoms with Gasteiger partial charge in [-0.25, -0.2) is 0 Å². The van der Waals surface area contributed by atoms with Crippen molar-refractivity contribution in [3.63, 3.8) is 0 Å². The van der Waals surface area contributed by atoms with Crippen molar-refractivity contribution in [3.05, 3.63) is 99.6 Å². The molecule has 0 saturated carbocycles. The van der Waals surface area contributed by atoms with Crippen LogP contribution in [-0.2, 0) is 11.3 Å². The number of benzene rings is 3. The van der Waals surface area contributed by atoms with Crippen molar-refractivity contribution in [2.45, 2.75) is 6.54 Å². The van der Waals surface area contributed by atoms with Gasteiger partial charge in [0.1, 0.15) is 5.75 Å². The maximum Gasteiger partial charge on any atom is 0.271 e. The van der Waals surface area contributed by atoms with E-state index in [-0.39, 0.29) is 24.7 Å². The van der Waals surface area contributed by atoms with Crippen molar-refractivity contribution < 1.29 is 14.5 Å². The van der Waals surface area contributed by atoms with Crippen molar-refractivity contribution in [2.75, 3.05) is 11.5 Å². The fraction of sp³-hybridized carbons (Fsp3) is 0.0952. The second-order valence-corrected chi connectivity index (χ2v) is 6.42. The number of amides is 1. The average Bonchev–Trinajstić information content (AvgIpc) is 2.71. The maximum atomic E-state index is 12.9. The topological polar surface area (TPSA) is 72.7 Å². The third kappa shape index (κ3) is 5.08. The van der Waals surface area contributed by atoms with E-state index in [9.17, 15) is 14.9 Å². The SMILES string of the molecule is O=C(COc1cccc(Cl)c1)N(Cc1ccccc1)c1cccc([N+](=O)[O-])c1. The van der Waals surface area contributed by atoms with Crippen LogP contribution < -0.4 is 9.64 Å². The first-order valence-corrected chi connectivity index (χ1v) is 8.88. The molecule has 0 radical (unpaired) electrons. The van der Waals surface area contributed by atoms with Crippen LogP contribution in [0, 0.1) is 10.1 Å². The van der Waals surface area contributed by atoms with Crippen LogP contribution in [0.3, 0.4) is 0 Å². The van der Waals surface area contributed by atoms with E-state index in [0.717, 1.165) is 5.56 Å². The Morgan fingerprint density at radius 3 is 2.46 bits per heavy atom. The lowest BCUT2D eigenvalue weighted by molar-refractivity contribution is -0.384. The molecule has 6 nitrogen and oxygen atoms in total. The largest absolute Gasteiger partial charge is 0.484 e. The van der Waals surface area contributed by atoms with E-state index in [0.29, 0.717) is 16.5 Å². The zero-order chi connectivity index (χ0) is 19.9. The van der Waals surface area contributed by atoms with Gasteiger partial charge >= 0.3 is 0 Å². The number of hydrogen-bond acceptors (Lipinski definition) is 4. The normalized spacial score (nSPS) is 10.3. The van der Waals surface area contributed by atoms with Crippen molar-refractivity contribution in [2.24, 2.45) is 0 Å². The first-order chi connectivity index (χ1) is 13.5. The van der Waals surface area contributed by atoms with E-state index in [1.807, 2.05) is 30.3 Å². The lowest BCUT2D eigenvalue weighted by Gasteiger charge is -2.23. The minimum absolute atomic E-state index is 0.0841. The summed E-state index contributed by atoms with van der Waals surface area (Å²) in [6, 6.07) is 22.1. The predicted molar refractivity (Wildman–Crippen MR) is 108 cm³/mol. The summed E-state index contributed by atoms with van der Waals surface area (Å²) < 4.78 is 5.56. The molecule has 0 bridgehead atoms. The van der Waals surface area contributed by atoms with Gasteiger partial charge in [-0.1, -0.05) is 54.1 Å². The lowest BCUT2D eigenvalue weighted by Crippen LogP contribution is -2.34. The maximum absolute atomic E-state index is 12.9.